The molecule has 1 saturated carbocycles. The Morgan fingerprint density at radius 1 is 1.03 bits per heavy atom. The molecule has 8 heteroatoms. The number of aliphatic imine (C=N–C) groups is 1. The van der Waals surface area contributed by atoms with Crippen LogP contribution in [0.4, 0.5) is 0 Å². The van der Waals surface area contributed by atoms with Crippen molar-refractivity contribution in [3.63, 3.8) is 0 Å². The van der Waals surface area contributed by atoms with Crippen LogP contribution in [0.15, 0.2) is 51.3 Å². The average Bonchev–Trinajstić information content (AvgIpc) is 3.28. The van der Waals surface area contributed by atoms with Crippen LogP contribution in [0.5, 0.6) is 0 Å². The molecule has 0 aromatic heterocycles. The minimum atomic E-state index is -1.35. The molecule has 0 amide bonds. The first-order valence-electron chi connectivity index (χ1n) is 10.5. The van der Waals surface area contributed by atoms with Crippen LogP contribution in [-0.4, -0.2) is 19.8 Å². The molecular formula is C25H23N7Si. The summed E-state index contributed by atoms with van der Waals surface area (Å²) in [5.74, 6) is -0.731. The number of nitrogens with zero attached hydrogens (tertiary/aromatic N) is 7. The lowest BCUT2D eigenvalue weighted by molar-refractivity contribution is 0.701. The van der Waals surface area contributed by atoms with Crippen LogP contribution in [0.25, 0.3) is 9.69 Å². The fourth-order valence-electron chi connectivity index (χ4n) is 4.34. The Morgan fingerprint density at radius 3 is 2.12 bits per heavy atom. The lowest BCUT2D eigenvalue weighted by Gasteiger charge is -2.27. The molecule has 0 aromatic carbocycles. The zero-order valence-electron chi connectivity index (χ0n) is 19.0. The van der Waals surface area contributed by atoms with Crippen molar-refractivity contribution in [2.45, 2.75) is 56.9 Å². The van der Waals surface area contributed by atoms with Crippen molar-refractivity contribution in [2.75, 3.05) is 0 Å². The quantitative estimate of drug-likeness (QED) is 0.239. The maximum Gasteiger partial charge on any atom is 0.265 e. The van der Waals surface area contributed by atoms with E-state index in [9.17, 15) is 21.0 Å². The van der Waals surface area contributed by atoms with Gasteiger partial charge in [-0.3, -0.25) is 4.99 Å². The van der Waals surface area contributed by atoms with E-state index in [4.69, 9.17) is 18.1 Å². The van der Waals surface area contributed by atoms with Gasteiger partial charge in [-0.05, 0) is 35.9 Å². The molecular weight excluding hydrogens is 426 g/mol. The van der Waals surface area contributed by atoms with E-state index in [1.807, 2.05) is 18.2 Å². The molecule has 7 nitrogen and oxygen atoms in total. The summed E-state index contributed by atoms with van der Waals surface area (Å²) in [7, 11) is -1.35. The molecule has 33 heavy (non-hydrogen) atoms. The van der Waals surface area contributed by atoms with Crippen LogP contribution >= 0.6 is 0 Å². The van der Waals surface area contributed by atoms with Crippen LogP contribution in [0.1, 0.15) is 25.7 Å². The third kappa shape index (κ3) is 5.35. The van der Waals surface area contributed by atoms with Gasteiger partial charge in [0.15, 0.2) is 0 Å². The molecule has 2 rings (SSSR count). The molecule has 0 radical (unpaired) electrons. The second-order valence-corrected chi connectivity index (χ2v) is 14.7. The number of hydrogen-bond donors (Lipinski definition) is 0. The molecule has 0 bridgehead atoms. The van der Waals surface area contributed by atoms with E-state index in [1.54, 1.807) is 0 Å². The van der Waals surface area contributed by atoms with E-state index in [2.05, 4.69) is 42.0 Å². The van der Waals surface area contributed by atoms with E-state index < -0.39 is 14.0 Å². The second-order valence-electron chi connectivity index (χ2n) is 9.15. The first-order chi connectivity index (χ1) is 15.6. The van der Waals surface area contributed by atoms with Gasteiger partial charge in [0.1, 0.15) is 11.8 Å². The largest absolute Gasteiger partial charge is 0.270 e. The lowest BCUT2D eigenvalue weighted by atomic mass is 9.76. The van der Waals surface area contributed by atoms with Crippen molar-refractivity contribution in [1.29, 1.82) is 21.0 Å². The Balaban J connectivity index is 2.74. The first kappa shape index (κ1) is 25.1. The Labute approximate surface area is 196 Å². The van der Waals surface area contributed by atoms with Crippen molar-refractivity contribution in [3.8, 4) is 24.3 Å². The van der Waals surface area contributed by atoms with Crippen LogP contribution in [0.2, 0.25) is 25.2 Å². The summed E-state index contributed by atoms with van der Waals surface area (Å²) in [5.41, 5.74) is 1.21. The summed E-state index contributed by atoms with van der Waals surface area (Å²) in [5, 5.41) is 38.4. The van der Waals surface area contributed by atoms with Gasteiger partial charge in [0.2, 0.25) is 0 Å². The fourth-order valence-corrected chi connectivity index (χ4v) is 6.35. The monoisotopic (exact) mass is 449 g/mol. The highest BCUT2D eigenvalue weighted by Gasteiger charge is 2.36. The summed E-state index contributed by atoms with van der Waals surface area (Å²) >= 11 is 0. The summed E-state index contributed by atoms with van der Waals surface area (Å²) in [6.45, 7) is 25.5. The Morgan fingerprint density at radius 2 is 1.67 bits per heavy atom. The number of nitriles is 4. The van der Waals surface area contributed by atoms with E-state index >= 15 is 0 Å². The number of rotatable bonds is 4. The molecule has 0 spiro atoms. The maximum absolute atomic E-state index is 9.96. The fraction of sp³-hybridized carbons (Fsp3) is 0.400. The molecule has 0 heterocycles. The summed E-state index contributed by atoms with van der Waals surface area (Å²) < 4.78 is 0. The average molecular weight is 450 g/mol. The van der Waals surface area contributed by atoms with Crippen LogP contribution in [0.3, 0.4) is 0 Å². The maximum atomic E-state index is 9.96. The van der Waals surface area contributed by atoms with Gasteiger partial charge in [-0.25, -0.2) is 20.2 Å². The highest BCUT2D eigenvalue weighted by Crippen LogP contribution is 2.42. The number of allylic oxidation sites excluding steroid dienone is 7. The van der Waals surface area contributed by atoms with Gasteiger partial charge >= 0.3 is 0 Å². The van der Waals surface area contributed by atoms with Gasteiger partial charge in [0.25, 0.3) is 11.4 Å². The van der Waals surface area contributed by atoms with Gasteiger partial charge < -0.3 is 0 Å². The van der Waals surface area contributed by atoms with E-state index in [1.165, 1.54) is 6.08 Å². The Kier molecular flexibility index (Phi) is 7.89. The minimum absolute atomic E-state index is 0.0163. The molecule has 0 aromatic rings. The SMILES string of the molecule is [C-]#[N+]/C(C#N)=C1\CC(C(=C)C#N)/C(=C(/C#N)[N+]#[C-])C=C1C(C#N)=NC1CCC([Si](C)(C)C)C1. The zero-order valence-corrected chi connectivity index (χ0v) is 20.0. The molecule has 162 valence electrons. The highest BCUT2D eigenvalue weighted by atomic mass is 28.3. The van der Waals surface area contributed by atoms with E-state index in [0.717, 1.165) is 19.3 Å². The van der Waals surface area contributed by atoms with Crippen molar-refractivity contribution in [1.82, 2.24) is 0 Å². The van der Waals surface area contributed by atoms with E-state index in [0.29, 0.717) is 11.1 Å². The summed E-state index contributed by atoms with van der Waals surface area (Å²) in [4.78, 5) is 11.3. The van der Waals surface area contributed by atoms with Crippen LogP contribution in [-0.2, 0) is 0 Å². The summed E-state index contributed by atoms with van der Waals surface area (Å²) in [6, 6.07) is 7.75. The predicted molar refractivity (Wildman–Crippen MR) is 127 cm³/mol. The highest BCUT2D eigenvalue weighted by molar-refractivity contribution is 6.77. The van der Waals surface area contributed by atoms with Gasteiger partial charge in [-0.2, -0.15) is 10.5 Å². The third-order valence-electron chi connectivity index (χ3n) is 6.27. The Hall–Kier alpha value is -4.21. The van der Waals surface area contributed by atoms with Gasteiger partial charge in [0, 0.05) is 25.1 Å². The van der Waals surface area contributed by atoms with Crippen molar-refractivity contribution in [3.05, 3.63) is 69.2 Å². The zero-order chi connectivity index (χ0) is 24.8. The minimum Gasteiger partial charge on any atom is -0.270 e. The van der Waals surface area contributed by atoms with Crippen molar-refractivity contribution < 1.29 is 0 Å². The second kappa shape index (κ2) is 10.4. The van der Waals surface area contributed by atoms with Crippen molar-refractivity contribution >= 4 is 13.8 Å². The topological polar surface area (TPSA) is 116 Å². The molecule has 2 aliphatic rings. The number of hydrogen-bond acceptors (Lipinski definition) is 5. The smallest absolute Gasteiger partial charge is 0.265 e. The molecule has 3 atom stereocenters. The normalized spacial score (nSPS) is 25.7. The third-order valence-corrected chi connectivity index (χ3v) is 9.24. The van der Waals surface area contributed by atoms with Gasteiger partial charge in [-0.15, -0.1) is 0 Å². The van der Waals surface area contributed by atoms with Gasteiger partial charge in [-0.1, -0.05) is 38.7 Å². The molecule has 3 unspecified atom stereocenters. The Bertz CT molecular complexity index is 1210. The standard InChI is InChI=1S/C25H23N7Si/c1-16(12-26)19-10-21(24(14-28)31-3)22(11-20(19)23(13-27)30-2)25(15-29)32-17-7-8-18(9-17)33(4,5)6/h11,17-19H,1,7-10H2,4-6H3/b23-20-,24-21+,32-25?. The molecule has 2 aliphatic carbocycles. The summed E-state index contributed by atoms with van der Waals surface area (Å²) in [6.07, 6.45) is 4.30. The molecule has 0 N–H and O–H groups in total. The predicted octanol–water partition coefficient (Wildman–Crippen LogP) is 5.63. The van der Waals surface area contributed by atoms with Gasteiger partial charge in [0.05, 0.1) is 37.4 Å². The first-order valence-corrected chi connectivity index (χ1v) is 14.0. The van der Waals surface area contributed by atoms with Crippen LogP contribution in [0, 0.1) is 64.4 Å². The lowest BCUT2D eigenvalue weighted by Crippen LogP contribution is -2.26. The molecule has 1 fully saturated rings. The molecule has 0 aliphatic heterocycles. The molecule has 0 saturated heterocycles. The van der Waals surface area contributed by atoms with Crippen LogP contribution < -0.4 is 0 Å². The van der Waals surface area contributed by atoms with E-state index in [-0.39, 0.29) is 46.3 Å². The van der Waals surface area contributed by atoms with Crippen molar-refractivity contribution in [2.24, 2.45) is 10.9 Å².